The molecule has 2 atom stereocenters. The highest BCUT2D eigenvalue weighted by molar-refractivity contribution is 6.04. The van der Waals surface area contributed by atoms with E-state index in [0.717, 1.165) is 5.69 Å². The maximum absolute atomic E-state index is 12.6. The van der Waals surface area contributed by atoms with Crippen LogP contribution in [0.1, 0.15) is 29.5 Å². The van der Waals surface area contributed by atoms with Crippen LogP contribution in [0, 0.1) is 6.92 Å². The molecule has 0 spiro atoms. The highest BCUT2D eigenvalue weighted by atomic mass is 16.3. The molecule has 0 unspecified atom stereocenters. The first-order valence-electron chi connectivity index (χ1n) is 7.31. The third-order valence-electron chi connectivity index (χ3n) is 4.00. The second kappa shape index (κ2) is 5.67. The second-order valence-electron chi connectivity index (χ2n) is 5.55. The third-order valence-corrected chi connectivity index (χ3v) is 4.00. The smallest absolute Gasteiger partial charge is 0.255 e. The zero-order chi connectivity index (χ0) is 15.7. The van der Waals surface area contributed by atoms with Gasteiger partial charge in [0.15, 0.2) is 0 Å². The molecule has 2 heterocycles. The Balaban J connectivity index is 1.76. The Morgan fingerprint density at radius 1 is 1.27 bits per heavy atom. The van der Waals surface area contributed by atoms with Crippen molar-refractivity contribution in [2.24, 2.45) is 0 Å². The first-order valence-corrected chi connectivity index (χ1v) is 7.31. The molecule has 114 valence electrons. The maximum atomic E-state index is 12.6. The normalized spacial score (nSPS) is 21.2. The minimum atomic E-state index is -0.503. The Kier molecular flexibility index (Phi) is 3.71. The summed E-state index contributed by atoms with van der Waals surface area (Å²) in [5, 5.41) is 2.81. The SMILES string of the molecule is Cc1occc1C(=O)N[C@@H]1C[C@@H](C)N(c2ccccc2)C1=O. The predicted molar refractivity (Wildman–Crippen MR) is 82.7 cm³/mol. The van der Waals surface area contributed by atoms with Gasteiger partial charge in [0.25, 0.3) is 5.91 Å². The van der Waals surface area contributed by atoms with Gasteiger partial charge < -0.3 is 14.6 Å². The predicted octanol–water partition coefficient (Wildman–Crippen LogP) is 2.51. The molecule has 1 aliphatic heterocycles. The van der Waals surface area contributed by atoms with Crippen molar-refractivity contribution in [3.63, 3.8) is 0 Å². The number of aryl methyl sites for hydroxylation is 1. The summed E-state index contributed by atoms with van der Waals surface area (Å²) < 4.78 is 5.13. The van der Waals surface area contributed by atoms with E-state index < -0.39 is 6.04 Å². The number of hydrogen-bond acceptors (Lipinski definition) is 3. The van der Waals surface area contributed by atoms with E-state index in [1.54, 1.807) is 17.9 Å². The molecule has 1 aliphatic rings. The van der Waals surface area contributed by atoms with Gasteiger partial charge in [0.05, 0.1) is 11.8 Å². The Hall–Kier alpha value is -2.56. The molecule has 3 rings (SSSR count). The molecule has 5 nitrogen and oxygen atoms in total. The zero-order valence-corrected chi connectivity index (χ0v) is 12.6. The van der Waals surface area contributed by atoms with Crippen molar-refractivity contribution in [1.29, 1.82) is 0 Å². The van der Waals surface area contributed by atoms with Crippen LogP contribution < -0.4 is 10.2 Å². The molecule has 2 aromatic rings. The van der Waals surface area contributed by atoms with E-state index in [1.165, 1.54) is 6.26 Å². The van der Waals surface area contributed by atoms with Crippen molar-refractivity contribution in [3.8, 4) is 0 Å². The van der Waals surface area contributed by atoms with Gasteiger partial charge in [-0.3, -0.25) is 9.59 Å². The van der Waals surface area contributed by atoms with E-state index in [2.05, 4.69) is 5.32 Å². The maximum Gasteiger partial charge on any atom is 0.255 e. The fourth-order valence-corrected chi connectivity index (χ4v) is 2.88. The van der Waals surface area contributed by atoms with Crippen molar-refractivity contribution in [2.45, 2.75) is 32.4 Å². The summed E-state index contributed by atoms with van der Waals surface area (Å²) in [5.41, 5.74) is 1.33. The molecule has 5 heteroatoms. The number of nitrogens with zero attached hydrogens (tertiary/aromatic N) is 1. The van der Waals surface area contributed by atoms with Gasteiger partial charge in [0, 0.05) is 11.7 Å². The lowest BCUT2D eigenvalue weighted by molar-refractivity contribution is -0.118. The van der Waals surface area contributed by atoms with Gasteiger partial charge in [-0.2, -0.15) is 0 Å². The van der Waals surface area contributed by atoms with Gasteiger partial charge in [-0.1, -0.05) is 18.2 Å². The van der Waals surface area contributed by atoms with Crippen molar-refractivity contribution >= 4 is 17.5 Å². The molecule has 0 radical (unpaired) electrons. The number of hydrogen-bond donors (Lipinski definition) is 1. The van der Waals surface area contributed by atoms with Gasteiger partial charge in [-0.15, -0.1) is 0 Å². The van der Waals surface area contributed by atoms with Crippen molar-refractivity contribution in [2.75, 3.05) is 4.90 Å². The molecule has 1 aromatic heterocycles. The molecular weight excluding hydrogens is 280 g/mol. The molecule has 1 N–H and O–H groups in total. The number of amides is 2. The fraction of sp³-hybridized carbons (Fsp3) is 0.294. The summed E-state index contributed by atoms with van der Waals surface area (Å²) in [6.45, 7) is 3.71. The molecule has 2 amide bonds. The van der Waals surface area contributed by atoms with E-state index in [1.807, 2.05) is 37.3 Å². The van der Waals surface area contributed by atoms with Gasteiger partial charge in [0.2, 0.25) is 5.91 Å². The zero-order valence-electron chi connectivity index (χ0n) is 12.6. The Morgan fingerprint density at radius 2 is 2.00 bits per heavy atom. The summed E-state index contributed by atoms with van der Waals surface area (Å²) in [5.74, 6) is 0.204. The summed E-state index contributed by atoms with van der Waals surface area (Å²) in [6, 6.07) is 10.7. The van der Waals surface area contributed by atoms with Crippen LogP contribution in [0.5, 0.6) is 0 Å². The van der Waals surface area contributed by atoms with Crippen LogP contribution in [0.4, 0.5) is 5.69 Å². The average molecular weight is 298 g/mol. The monoisotopic (exact) mass is 298 g/mol. The minimum absolute atomic E-state index is 0.0469. The van der Waals surface area contributed by atoms with Gasteiger partial charge in [0.1, 0.15) is 11.8 Å². The summed E-state index contributed by atoms with van der Waals surface area (Å²) in [7, 11) is 0. The molecule has 0 saturated carbocycles. The van der Waals surface area contributed by atoms with E-state index in [0.29, 0.717) is 17.7 Å². The molecule has 1 fully saturated rings. The number of carbonyl (C=O) groups is 2. The van der Waals surface area contributed by atoms with Crippen LogP contribution >= 0.6 is 0 Å². The highest BCUT2D eigenvalue weighted by Crippen LogP contribution is 2.26. The standard InChI is InChI=1S/C17H18N2O3/c1-11-10-15(18-16(20)14-8-9-22-12(14)2)17(21)19(11)13-6-4-3-5-7-13/h3-9,11,15H,10H2,1-2H3,(H,18,20)/t11-,15-/m1/s1. The second-order valence-corrected chi connectivity index (χ2v) is 5.55. The molecule has 1 saturated heterocycles. The Bertz CT molecular complexity index is 693. The number of furan rings is 1. The molecule has 22 heavy (non-hydrogen) atoms. The van der Waals surface area contributed by atoms with E-state index in [4.69, 9.17) is 4.42 Å². The van der Waals surface area contributed by atoms with Crippen LogP contribution in [0.3, 0.4) is 0 Å². The first-order chi connectivity index (χ1) is 10.6. The van der Waals surface area contributed by atoms with Gasteiger partial charge in [-0.05, 0) is 38.5 Å². The van der Waals surface area contributed by atoms with Gasteiger partial charge >= 0.3 is 0 Å². The summed E-state index contributed by atoms with van der Waals surface area (Å²) >= 11 is 0. The van der Waals surface area contributed by atoms with Crippen LogP contribution in [-0.2, 0) is 4.79 Å². The number of benzene rings is 1. The van der Waals surface area contributed by atoms with Crippen LogP contribution in [0.15, 0.2) is 47.1 Å². The fourth-order valence-electron chi connectivity index (χ4n) is 2.88. The summed E-state index contributed by atoms with van der Waals surface area (Å²) in [4.78, 5) is 26.6. The number of rotatable bonds is 3. The largest absolute Gasteiger partial charge is 0.469 e. The van der Waals surface area contributed by atoms with Crippen molar-refractivity contribution in [1.82, 2.24) is 5.32 Å². The number of anilines is 1. The van der Waals surface area contributed by atoms with Crippen LogP contribution in [0.25, 0.3) is 0 Å². The average Bonchev–Trinajstić information content (AvgIpc) is 3.04. The van der Waals surface area contributed by atoms with Crippen molar-refractivity contribution < 1.29 is 14.0 Å². The summed E-state index contributed by atoms with van der Waals surface area (Å²) in [6.07, 6.45) is 2.07. The van der Waals surface area contributed by atoms with E-state index in [-0.39, 0.29) is 17.9 Å². The number of para-hydroxylation sites is 1. The number of nitrogens with one attached hydrogen (secondary N) is 1. The Labute approximate surface area is 128 Å². The molecule has 0 aliphatic carbocycles. The number of carbonyl (C=O) groups excluding carboxylic acids is 2. The van der Waals surface area contributed by atoms with Crippen LogP contribution in [0.2, 0.25) is 0 Å². The minimum Gasteiger partial charge on any atom is -0.469 e. The third kappa shape index (κ3) is 2.50. The van der Waals surface area contributed by atoms with Gasteiger partial charge in [-0.25, -0.2) is 0 Å². The Morgan fingerprint density at radius 3 is 2.64 bits per heavy atom. The lowest BCUT2D eigenvalue weighted by atomic mass is 10.1. The van der Waals surface area contributed by atoms with Crippen LogP contribution in [-0.4, -0.2) is 23.9 Å². The van der Waals surface area contributed by atoms with Crippen molar-refractivity contribution in [3.05, 3.63) is 54.0 Å². The lowest BCUT2D eigenvalue weighted by Crippen LogP contribution is -2.42. The quantitative estimate of drug-likeness (QED) is 0.947. The molecule has 1 aromatic carbocycles. The molecular formula is C17H18N2O3. The van der Waals surface area contributed by atoms with E-state index >= 15 is 0 Å². The lowest BCUT2D eigenvalue weighted by Gasteiger charge is -2.21. The molecule has 0 bridgehead atoms. The topological polar surface area (TPSA) is 62.6 Å². The van der Waals surface area contributed by atoms with E-state index in [9.17, 15) is 9.59 Å². The highest BCUT2D eigenvalue weighted by Gasteiger charge is 2.39. The first kappa shape index (κ1) is 14.4.